The number of carboxylic acid groups (broad SMARTS) is 1. The summed E-state index contributed by atoms with van der Waals surface area (Å²) < 4.78 is 0. The summed E-state index contributed by atoms with van der Waals surface area (Å²) in [5, 5.41) is 8.48. The van der Waals surface area contributed by atoms with Gasteiger partial charge in [0.1, 0.15) is 6.29 Å². The second-order valence-corrected chi connectivity index (χ2v) is 3.84. The van der Waals surface area contributed by atoms with E-state index in [9.17, 15) is 14.4 Å². The van der Waals surface area contributed by atoms with Gasteiger partial charge in [0.05, 0.1) is 0 Å². The van der Waals surface area contributed by atoms with Crippen molar-refractivity contribution in [2.45, 2.75) is 32.6 Å². The molecule has 0 fully saturated rings. The minimum atomic E-state index is -0.792. The van der Waals surface area contributed by atoms with Gasteiger partial charge in [-0.15, -0.1) is 0 Å². The first kappa shape index (κ1) is 15.3. The van der Waals surface area contributed by atoms with E-state index in [0.29, 0.717) is 25.5 Å². The van der Waals surface area contributed by atoms with Crippen molar-refractivity contribution in [2.75, 3.05) is 0 Å². The second kappa shape index (κ2) is 9.51. The molecule has 0 amide bonds. The Labute approximate surface area is 101 Å². The van der Waals surface area contributed by atoms with Crippen molar-refractivity contribution in [1.82, 2.24) is 0 Å². The van der Waals surface area contributed by atoms with Crippen molar-refractivity contribution in [3.63, 3.8) is 0 Å². The topological polar surface area (TPSA) is 71.4 Å². The van der Waals surface area contributed by atoms with Gasteiger partial charge in [0.25, 0.3) is 0 Å². The van der Waals surface area contributed by atoms with Crippen LogP contribution in [-0.4, -0.2) is 23.1 Å². The smallest absolute Gasteiger partial charge is 0.303 e. The normalized spacial score (nSPS) is 13.0. The molecule has 0 spiro atoms. The molecule has 1 unspecified atom stereocenters. The number of carbonyl (C=O) groups is 3. The number of carboxylic acids is 1. The molecule has 0 aliphatic carbocycles. The standard InChI is InChI=1S/C13H18O4/c1-11(8-9-13(16)17)5-2-3-6-12(15)7-4-10-14/h2,4-5,7,10-11H,3,6,8-9H2,1H3,(H,16,17)/b5-2-,7-4-. The fraction of sp³-hybridized carbons (Fsp3) is 0.462. The minimum Gasteiger partial charge on any atom is -0.481 e. The largest absolute Gasteiger partial charge is 0.481 e. The van der Waals surface area contributed by atoms with Crippen LogP contribution < -0.4 is 0 Å². The third-order valence-electron chi connectivity index (χ3n) is 2.20. The molecule has 0 bridgehead atoms. The number of hydrogen-bond acceptors (Lipinski definition) is 3. The lowest BCUT2D eigenvalue weighted by molar-refractivity contribution is -0.137. The van der Waals surface area contributed by atoms with Crippen LogP contribution in [0.3, 0.4) is 0 Å². The Bertz CT molecular complexity index is 315. The van der Waals surface area contributed by atoms with Crippen molar-refractivity contribution in [2.24, 2.45) is 5.92 Å². The molecule has 0 aromatic rings. The lowest BCUT2D eigenvalue weighted by atomic mass is 10.0. The summed E-state index contributed by atoms with van der Waals surface area (Å²) in [5.41, 5.74) is 0. The Morgan fingerprint density at radius 3 is 2.59 bits per heavy atom. The third-order valence-corrected chi connectivity index (χ3v) is 2.20. The van der Waals surface area contributed by atoms with Gasteiger partial charge in [0, 0.05) is 12.8 Å². The van der Waals surface area contributed by atoms with Crippen LogP contribution in [0.25, 0.3) is 0 Å². The zero-order valence-corrected chi connectivity index (χ0v) is 9.96. The van der Waals surface area contributed by atoms with Crippen LogP contribution in [-0.2, 0) is 14.4 Å². The average Bonchev–Trinajstić information content (AvgIpc) is 2.29. The molecule has 0 heterocycles. The Hall–Kier alpha value is -1.71. The quantitative estimate of drug-likeness (QED) is 0.379. The molecule has 94 valence electrons. The number of rotatable bonds is 9. The van der Waals surface area contributed by atoms with Crippen molar-refractivity contribution in [3.05, 3.63) is 24.3 Å². The van der Waals surface area contributed by atoms with Gasteiger partial charge in [-0.2, -0.15) is 0 Å². The van der Waals surface area contributed by atoms with Crippen LogP contribution in [0.5, 0.6) is 0 Å². The highest BCUT2D eigenvalue weighted by molar-refractivity contribution is 5.92. The van der Waals surface area contributed by atoms with Gasteiger partial charge < -0.3 is 5.11 Å². The Morgan fingerprint density at radius 2 is 2.00 bits per heavy atom. The predicted molar refractivity (Wildman–Crippen MR) is 64.6 cm³/mol. The number of aliphatic carboxylic acids is 1. The number of hydrogen-bond donors (Lipinski definition) is 1. The van der Waals surface area contributed by atoms with E-state index in [0.717, 1.165) is 0 Å². The summed E-state index contributed by atoms with van der Waals surface area (Å²) in [5.74, 6) is -0.675. The molecule has 0 radical (unpaired) electrons. The molecule has 0 saturated carbocycles. The molecule has 0 aliphatic rings. The molecule has 0 aliphatic heterocycles. The Morgan fingerprint density at radius 1 is 1.29 bits per heavy atom. The zero-order valence-electron chi connectivity index (χ0n) is 9.96. The molecular formula is C13H18O4. The highest BCUT2D eigenvalue weighted by atomic mass is 16.4. The summed E-state index contributed by atoms with van der Waals surface area (Å²) in [6, 6.07) is 0. The molecule has 0 aromatic carbocycles. The van der Waals surface area contributed by atoms with Crippen molar-refractivity contribution in [3.8, 4) is 0 Å². The van der Waals surface area contributed by atoms with Crippen LogP contribution in [0.15, 0.2) is 24.3 Å². The van der Waals surface area contributed by atoms with Crippen molar-refractivity contribution < 1.29 is 19.5 Å². The zero-order chi connectivity index (χ0) is 13.1. The first-order valence-corrected chi connectivity index (χ1v) is 5.59. The molecular weight excluding hydrogens is 220 g/mol. The summed E-state index contributed by atoms with van der Waals surface area (Å²) >= 11 is 0. The maximum Gasteiger partial charge on any atom is 0.303 e. The lowest BCUT2D eigenvalue weighted by Gasteiger charge is -2.02. The molecule has 1 atom stereocenters. The van der Waals surface area contributed by atoms with E-state index in [1.54, 1.807) is 0 Å². The van der Waals surface area contributed by atoms with E-state index in [2.05, 4.69) is 0 Å². The first-order valence-electron chi connectivity index (χ1n) is 5.59. The number of aldehydes is 1. The highest BCUT2D eigenvalue weighted by Gasteiger charge is 2.01. The van der Waals surface area contributed by atoms with Crippen LogP contribution in [0.4, 0.5) is 0 Å². The molecule has 0 rings (SSSR count). The van der Waals surface area contributed by atoms with Gasteiger partial charge in [-0.3, -0.25) is 14.4 Å². The summed E-state index contributed by atoms with van der Waals surface area (Å²) in [6.45, 7) is 1.94. The highest BCUT2D eigenvalue weighted by Crippen LogP contribution is 2.08. The number of carbonyl (C=O) groups excluding carboxylic acids is 2. The minimum absolute atomic E-state index is 0.0834. The second-order valence-electron chi connectivity index (χ2n) is 3.84. The summed E-state index contributed by atoms with van der Waals surface area (Å²) in [6.07, 6.45) is 8.54. The lowest BCUT2D eigenvalue weighted by Crippen LogP contribution is -1.98. The van der Waals surface area contributed by atoms with Gasteiger partial charge in [-0.05, 0) is 30.9 Å². The number of allylic oxidation sites excluding steroid dienone is 4. The summed E-state index contributed by atoms with van der Waals surface area (Å²) in [7, 11) is 0. The average molecular weight is 238 g/mol. The van der Waals surface area contributed by atoms with E-state index in [1.807, 2.05) is 19.1 Å². The first-order chi connectivity index (χ1) is 8.06. The van der Waals surface area contributed by atoms with E-state index >= 15 is 0 Å². The van der Waals surface area contributed by atoms with Crippen LogP contribution in [0.1, 0.15) is 32.6 Å². The molecule has 4 heteroatoms. The maximum absolute atomic E-state index is 11.1. The Kier molecular flexibility index (Phi) is 8.55. The van der Waals surface area contributed by atoms with Crippen molar-refractivity contribution in [1.29, 1.82) is 0 Å². The van der Waals surface area contributed by atoms with Gasteiger partial charge in [-0.25, -0.2) is 0 Å². The SMILES string of the molecule is CC(/C=C\CCC(=O)/C=C\C=O)CCC(=O)O. The van der Waals surface area contributed by atoms with Crippen molar-refractivity contribution >= 4 is 18.0 Å². The molecule has 17 heavy (non-hydrogen) atoms. The molecule has 0 aromatic heterocycles. The Balaban J connectivity index is 3.72. The van der Waals surface area contributed by atoms with E-state index in [4.69, 9.17) is 5.11 Å². The van der Waals surface area contributed by atoms with Crippen LogP contribution in [0, 0.1) is 5.92 Å². The maximum atomic E-state index is 11.1. The van der Waals surface area contributed by atoms with E-state index in [1.165, 1.54) is 12.2 Å². The van der Waals surface area contributed by atoms with Crippen LogP contribution >= 0.6 is 0 Å². The molecule has 4 nitrogen and oxygen atoms in total. The monoisotopic (exact) mass is 238 g/mol. The van der Waals surface area contributed by atoms with Gasteiger partial charge in [0.2, 0.25) is 0 Å². The van der Waals surface area contributed by atoms with Gasteiger partial charge in [-0.1, -0.05) is 19.1 Å². The third kappa shape index (κ3) is 10.6. The van der Waals surface area contributed by atoms with Gasteiger partial charge in [0.15, 0.2) is 5.78 Å². The van der Waals surface area contributed by atoms with Crippen LogP contribution in [0.2, 0.25) is 0 Å². The fourth-order valence-corrected chi connectivity index (χ4v) is 1.23. The van der Waals surface area contributed by atoms with E-state index < -0.39 is 5.97 Å². The predicted octanol–water partition coefficient (Wildman–Crippen LogP) is 2.15. The van der Waals surface area contributed by atoms with Gasteiger partial charge >= 0.3 is 5.97 Å². The molecule has 0 saturated heterocycles. The van der Waals surface area contributed by atoms with E-state index in [-0.39, 0.29) is 18.1 Å². The fourth-order valence-electron chi connectivity index (χ4n) is 1.23. The summed E-state index contributed by atoms with van der Waals surface area (Å²) in [4.78, 5) is 31.4. The number of ketones is 1. The molecule has 1 N–H and O–H groups in total.